The number of carboxylic acids is 1. The first-order valence-corrected chi connectivity index (χ1v) is 11.3. The second-order valence-corrected chi connectivity index (χ2v) is 9.62. The van der Waals surface area contributed by atoms with E-state index in [0.717, 1.165) is 18.2 Å². The van der Waals surface area contributed by atoms with Crippen LogP contribution in [0.15, 0.2) is 33.6 Å². The Bertz CT molecular complexity index is 1170. The monoisotopic (exact) mass is 543 g/mol. The molecule has 13 heteroatoms. The highest BCUT2D eigenvalue weighted by Crippen LogP contribution is 2.39. The molecule has 0 bridgehead atoms. The van der Waals surface area contributed by atoms with Crippen molar-refractivity contribution >= 4 is 31.9 Å². The summed E-state index contributed by atoms with van der Waals surface area (Å²) in [7, 11) is -4.50. The van der Waals surface area contributed by atoms with Gasteiger partial charge in [-0.25, -0.2) is 22.3 Å². The molecule has 0 amide bonds. The predicted molar refractivity (Wildman–Crippen MR) is 105 cm³/mol. The Labute approximate surface area is 187 Å². The normalized spacial score (nSPS) is 16.5. The number of ether oxygens (including phenoxy) is 1. The van der Waals surface area contributed by atoms with Crippen LogP contribution in [0.3, 0.4) is 0 Å². The number of alkyl halides is 3. The molecule has 0 radical (unpaired) electrons. The van der Waals surface area contributed by atoms with Crippen molar-refractivity contribution in [2.24, 2.45) is 0 Å². The molecule has 1 atom stereocenters. The molecule has 0 heterocycles. The highest BCUT2D eigenvalue weighted by Gasteiger charge is 2.34. The Hall–Kier alpha value is -2.25. The van der Waals surface area contributed by atoms with E-state index in [4.69, 9.17) is 9.84 Å². The minimum atomic E-state index is -4.79. The lowest BCUT2D eigenvalue weighted by atomic mass is 9.87. The molecule has 1 aliphatic rings. The number of carbonyl (C=O) groups is 1. The minimum absolute atomic E-state index is 0.0187. The number of aliphatic carboxylic acids is 1. The van der Waals surface area contributed by atoms with Crippen LogP contribution in [0.2, 0.25) is 0 Å². The molecule has 1 aliphatic carbocycles. The first-order chi connectivity index (χ1) is 14.8. The van der Waals surface area contributed by atoms with Gasteiger partial charge in [-0.2, -0.15) is 17.6 Å². The molecular formula is C19H15BrF5NO5S. The number of hydrogen-bond acceptors (Lipinski definition) is 4. The Morgan fingerprint density at radius 3 is 2.53 bits per heavy atom. The van der Waals surface area contributed by atoms with Crippen LogP contribution in [0, 0.1) is 11.6 Å². The molecular weight excluding hydrogens is 529 g/mol. The standard InChI is InChI=1S/C19H15BrF5NO5S/c20-10-4-9(19(23,24)25)5-11(6-10)32(29,30)26-15-3-1-2-12-13(15)7-14(21)17(22)18(12)31-8-16(27)28/h4-7,15,26H,1-3,8H2,(H,27,28). The summed E-state index contributed by atoms with van der Waals surface area (Å²) in [6.07, 6.45) is -4.17. The molecule has 0 aromatic heterocycles. The van der Waals surface area contributed by atoms with E-state index in [1.165, 1.54) is 0 Å². The first-order valence-electron chi connectivity index (χ1n) is 9.05. The van der Waals surface area contributed by atoms with Crippen molar-refractivity contribution in [1.82, 2.24) is 4.72 Å². The van der Waals surface area contributed by atoms with Crippen LogP contribution in [-0.4, -0.2) is 26.1 Å². The van der Waals surface area contributed by atoms with Crippen molar-refractivity contribution in [1.29, 1.82) is 0 Å². The van der Waals surface area contributed by atoms with E-state index in [0.29, 0.717) is 12.5 Å². The van der Waals surface area contributed by atoms with Gasteiger partial charge in [-0.15, -0.1) is 0 Å². The summed E-state index contributed by atoms with van der Waals surface area (Å²) in [5.41, 5.74) is -1.08. The lowest BCUT2D eigenvalue weighted by molar-refractivity contribution is -0.139. The van der Waals surface area contributed by atoms with Gasteiger partial charge in [0.2, 0.25) is 15.8 Å². The molecule has 2 aromatic carbocycles. The fraction of sp³-hybridized carbons (Fsp3) is 0.316. The Morgan fingerprint density at radius 2 is 1.91 bits per heavy atom. The summed E-state index contributed by atoms with van der Waals surface area (Å²) < 4.78 is 100. The SMILES string of the molecule is O=C(O)COc1c(F)c(F)cc2c1CCCC2NS(=O)(=O)c1cc(Br)cc(C(F)(F)F)c1. The lowest BCUT2D eigenvalue weighted by Gasteiger charge is -2.28. The maximum absolute atomic E-state index is 14.2. The van der Waals surface area contributed by atoms with E-state index in [1.807, 2.05) is 0 Å². The Balaban J connectivity index is 2.00. The number of carboxylic acid groups (broad SMARTS) is 1. The summed E-state index contributed by atoms with van der Waals surface area (Å²) in [6, 6.07) is 1.84. The summed E-state index contributed by atoms with van der Waals surface area (Å²) in [5.74, 6) is -4.84. The number of fused-ring (bicyclic) bond motifs is 1. The van der Waals surface area contributed by atoms with Crippen LogP contribution in [0.25, 0.3) is 0 Å². The number of hydrogen-bond donors (Lipinski definition) is 2. The number of sulfonamides is 1. The smallest absolute Gasteiger partial charge is 0.416 e. The molecule has 0 aliphatic heterocycles. The average Bonchev–Trinajstić information content (AvgIpc) is 2.67. The van der Waals surface area contributed by atoms with Gasteiger partial charge in [-0.3, -0.25) is 0 Å². The van der Waals surface area contributed by atoms with Crippen LogP contribution >= 0.6 is 15.9 Å². The minimum Gasteiger partial charge on any atom is -0.479 e. The van der Waals surface area contributed by atoms with Crippen LogP contribution < -0.4 is 9.46 Å². The van der Waals surface area contributed by atoms with Gasteiger partial charge in [0.05, 0.1) is 10.5 Å². The average molecular weight is 544 g/mol. The zero-order valence-electron chi connectivity index (χ0n) is 16.0. The molecule has 174 valence electrons. The molecule has 0 fully saturated rings. The van der Waals surface area contributed by atoms with Gasteiger partial charge in [0.25, 0.3) is 0 Å². The second-order valence-electron chi connectivity index (χ2n) is 6.99. The van der Waals surface area contributed by atoms with Gasteiger partial charge in [-0.1, -0.05) is 15.9 Å². The fourth-order valence-electron chi connectivity index (χ4n) is 3.41. The zero-order chi connectivity index (χ0) is 23.8. The maximum Gasteiger partial charge on any atom is 0.416 e. The van der Waals surface area contributed by atoms with E-state index in [1.54, 1.807) is 0 Å². The number of rotatable bonds is 6. The van der Waals surface area contributed by atoms with E-state index >= 15 is 0 Å². The first kappa shape index (κ1) is 24.4. The van der Waals surface area contributed by atoms with Crippen molar-refractivity contribution in [3.05, 3.63) is 57.1 Å². The summed E-state index contributed by atoms with van der Waals surface area (Å²) in [4.78, 5) is 10.1. The topological polar surface area (TPSA) is 92.7 Å². The van der Waals surface area contributed by atoms with E-state index in [-0.39, 0.29) is 28.4 Å². The van der Waals surface area contributed by atoms with Crippen LogP contribution in [-0.2, 0) is 27.4 Å². The summed E-state index contributed by atoms with van der Waals surface area (Å²) >= 11 is 2.86. The molecule has 0 spiro atoms. The van der Waals surface area contributed by atoms with E-state index in [9.17, 15) is 35.2 Å². The van der Waals surface area contributed by atoms with Crippen LogP contribution in [0.4, 0.5) is 22.0 Å². The summed E-state index contributed by atoms with van der Waals surface area (Å²) in [6.45, 7) is -0.943. The third-order valence-corrected chi connectivity index (χ3v) is 6.66. The quantitative estimate of drug-likeness (QED) is 0.521. The Morgan fingerprint density at radius 1 is 1.22 bits per heavy atom. The molecule has 2 aromatic rings. The van der Waals surface area contributed by atoms with Gasteiger partial charge in [-0.05, 0) is 49.1 Å². The van der Waals surface area contributed by atoms with Gasteiger partial charge in [0, 0.05) is 16.1 Å². The third-order valence-electron chi connectivity index (χ3n) is 4.76. The largest absolute Gasteiger partial charge is 0.479 e. The van der Waals surface area contributed by atoms with Crippen molar-refractivity contribution < 1.29 is 45.0 Å². The van der Waals surface area contributed by atoms with Gasteiger partial charge in [0.15, 0.2) is 18.2 Å². The molecule has 1 unspecified atom stereocenters. The highest BCUT2D eigenvalue weighted by molar-refractivity contribution is 9.10. The van der Waals surface area contributed by atoms with Crippen molar-refractivity contribution in [3.63, 3.8) is 0 Å². The van der Waals surface area contributed by atoms with Gasteiger partial charge in [0.1, 0.15) is 0 Å². The zero-order valence-corrected chi connectivity index (χ0v) is 18.4. The summed E-state index contributed by atoms with van der Waals surface area (Å²) in [5, 5.41) is 8.76. The molecule has 0 saturated carbocycles. The van der Waals surface area contributed by atoms with Crippen molar-refractivity contribution in [2.45, 2.75) is 36.4 Å². The Kier molecular flexibility index (Phi) is 6.82. The van der Waals surface area contributed by atoms with E-state index in [2.05, 4.69) is 20.7 Å². The molecule has 3 rings (SSSR count). The van der Waals surface area contributed by atoms with Crippen molar-refractivity contribution in [3.8, 4) is 5.75 Å². The third kappa shape index (κ3) is 5.21. The highest BCUT2D eigenvalue weighted by atomic mass is 79.9. The van der Waals surface area contributed by atoms with Crippen molar-refractivity contribution in [2.75, 3.05) is 6.61 Å². The van der Waals surface area contributed by atoms with Crippen LogP contribution in [0.5, 0.6) is 5.75 Å². The fourth-order valence-corrected chi connectivity index (χ4v) is 5.37. The predicted octanol–water partition coefficient (Wildman–Crippen LogP) is 4.57. The van der Waals surface area contributed by atoms with Gasteiger partial charge >= 0.3 is 12.1 Å². The van der Waals surface area contributed by atoms with Gasteiger partial charge < -0.3 is 9.84 Å². The molecule has 6 nitrogen and oxygen atoms in total. The number of nitrogens with one attached hydrogen (secondary N) is 1. The van der Waals surface area contributed by atoms with E-state index < -0.39 is 62.7 Å². The maximum atomic E-state index is 14.2. The molecule has 0 saturated heterocycles. The second kappa shape index (κ2) is 8.94. The molecule has 2 N–H and O–H groups in total. The lowest BCUT2D eigenvalue weighted by Crippen LogP contribution is -2.32. The number of benzene rings is 2. The molecule has 32 heavy (non-hydrogen) atoms. The van der Waals surface area contributed by atoms with Crippen LogP contribution in [0.1, 0.15) is 35.6 Å². The number of halogens is 6.